The Bertz CT molecular complexity index is 744. The molecule has 2 aromatic rings. The van der Waals surface area contributed by atoms with Crippen LogP contribution >= 0.6 is 0 Å². The highest BCUT2D eigenvalue weighted by Crippen LogP contribution is 2.25. The number of hydrogen-bond donors (Lipinski definition) is 1. The lowest BCUT2D eigenvalue weighted by molar-refractivity contribution is 0.0952. The number of benzene rings is 1. The third-order valence-electron chi connectivity index (χ3n) is 3.24. The van der Waals surface area contributed by atoms with Crippen molar-refractivity contribution < 1.29 is 13.9 Å². The molecule has 0 atom stereocenters. The number of fused-ring (bicyclic) bond motifs is 1. The quantitative estimate of drug-likeness (QED) is 0.877. The number of ether oxygens (including phenoxy) is 1. The van der Waals surface area contributed by atoms with Crippen molar-refractivity contribution in [3.8, 4) is 5.75 Å². The fourth-order valence-electron chi connectivity index (χ4n) is 2.17. The van der Waals surface area contributed by atoms with E-state index in [1.165, 1.54) is 6.07 Å². The molecule has 1 amide bonds. The Morgan fingerprint density at radius 2 is 2.10 bits per heavy atom. The molecule has 0 unspecified atom stereocenters. The van der Waals surface area contributed by atoms with Crippen LogP contribution in [0, 0.1) is 0 Å². The molecule has 1 fully saturated rings. The summed E-state index contributed by atoms with van der Waals surface area (Å²) in [4.78, 5) is 23.9. The van der Waals surface area contributed by atoms with Gasteiger partial charge in [0.2, 0.25) is 0 Å². The van der Waals surface area contributed by atoms with Crippen LogP contribution in [0.1, 0.15) is 37.0 Å². The van der Waals surface area contributed by atoms with Gasteiger partial charge in [-0.2, -0.15) is 0 Å². The van der Waals surface area contributed by atoms with Crippen molar-refractivity contribution in [3.05, 3.63) is 40.2 Å². The number of carbonyl (C=O) groups excluding carboxylic acids is 1. The van der Waals surface area contributed by atoms with Crippen molar-refractivity contribution in [3.63, 3.8) is 0 Å². The lowest BCUT2D eigenvalue weighted by atomic mass is 10.1. The molecule has 21 heavy (non-hydrogen) atoms. The molecule has 5 nitrogen and oxygen atoms in total. The van der Waals surface area contributed by atoms with E-state index in [-0.39, 0.29) is 18.1 Å². The predicted molar refractivity (Wildman–Crippen MR) is 78.7 cm³/mol. The van der Waals surface area contributed by atoms with Gasteiger partial charge in [0.05, 0.1) is 11.7 Å². The van der Waals surface area contributed by atoms with Crippen molar-refractivity contribution in [1.82, 2.24) is 5.32 Å². The Morgan fingerprint density at radius 3 is 2.76 bits per heavy atom. The summed E-state index contributed by atoms with van der Waals surface area (Å²) >= 11 is 0. The Kier molecular flexibility index (Phi) is 3.41. The molecule has 0 aliphatic heterocycles. The second-order valence-electron chi connectivity index (χ2n) is 5.55. The van der Waals surface area contributed by atoms with Gasteiger partial charge in [-0.05, 0) is 38.8 Å². The fraction of sp³-hybridized carbons (Fsp3) is 0.375. The average Bonchev–Trinajstić information content (AvgIpc) is 3.20. The van der Waals surface area contributed by atoms with E-state index in [9.17, 15) is 9.59 Å². The van der Waals surface area contributed by atoms with Crippen molar-refractivity contribution in [2.45, 2.75) is 38.8 Å². The van der Waals surface area contributed by atoms with Gasteiger partial charge < -0.3 is 14.5 Å². The van der Waals surface area contributed by atoms with Crippen LogP contribution in [0.15, 0.2) is 33.5 Å². The van der Waals surface area contributed by atoms with Crippen molar-refractivity contribution in [2.75, 3.05) is 0 Å². The molecule has 1 aliphatic rings. The second kappa shape index (κ2) is 5.24. The minimum Gasteiger partial charge on any atom is -0.491 e. The van der Waals surface area contributed by atoms with Gasteiger partial charge in [0.1, 0.15) is 11.3 Å². The van der Waals surface area contributed by atoms with E-state index in [0.717, 1.165) is 12.8 Å². The number of nitrogens with one attached hydrogen (secondary N) is 1. The van der Waals surface area contributed by atoms with Gasteiger partial charge in [-0.15, -0.1) is 0 Å². The molecule has 1 saturated carbocycles. The van der Waals surface area contributed by atoms with E-state index in [1.54, 1.807) is 18.2 Å². The third-order valence-corrected chi connectivity index (χ3v) is 3.24. The molecule has 1 aromatic carbocycles. The standard InChI is InChI=1S/C16H17NO4/c1-9(2)20-11-5-6-12-13(16(19)17-10-3-4-10)8-15(18)21-14(12)7-11/h5-10H,3-4H2,1-2H3,(H,17,19). The number of carbonyl (C=O) groups is 1. The monoisotopic (exact) mass is 287 g/mol. The smallest absolute Gasteiger partial charge is 0.337 e. The highest BCUT2D eigenvalue weighted by Gasteiger charge is 2.25. The molecule has 0 radical (unpaired) electrons. The zero-order valence-corrected chi connectivity index (χ0v) is 12.0. The van der Waals surface area contributed by atoms with Gasteiger partial charge >= 0.3 is 5.63 Å². The van der Waals surface area contributed by atoms with Crippen LogP contribution < -0.4 is 15.7 Å². The summed E-state index contributed by atoms with van der Waals surface area (Å²) < 4.78 is 10.8. The summed E-state index contributed by atoms with van der Waals surface area (Å²) in [7, 11) is 0. The minimum absolute atomic E-state index is 0.0236. The fourth-order valence-corrected chi connectivity index (χ4v) is 2.17. The molecule has 1 N–H and O–H groups in total. The molecule has 1 heterocycles. The van der Waals surface area contributed by atoms with Crippen LogP contribution in [0.4, 0.5) is 0 Å². The first-order chi connectivity index (χ1) is 10.0. The zero-order chi connectivity index (χ0) is 15.0. The van der Waals surface area contributed by atoms with Crippen LogP contribution in [0.25, 0.3) is 11.0 Å². The van der Waals surface area contributed by atoms with Crippen LogP contribution in [-0.2, 0) is 0 Å². The van der Waals surface area contributed by atoms with Crippen LogP contribution in [0.5, 0.6) is 5.75 Å². The molecule has 5 heteroatoms. The lowest BCUT2D eigenvalue weighted by Crippen LogP contribution is -2.26. The van der Waals surface area contributed by atoms with Gasteiger partial charge in [-0.25, -0.2) is 4.79 Å². The summed E-state index contributed by atoms with van der Waals surface area (Å²) in [6, 6.07) is 6.64. The van der Waals surface area contributed by atoms with E-state index in [4.69, 9.17) is 9.15 Å². The van der Waals surface area contributed by atoms with Gasteiger partial charge in [-0.3, -0.25) is 4.79 Å². The maximum absolute atomic E-state index is 12.2. The lowest BCUT2D eigenvalue weighted by Gasteiger charge is -2.11. The Morgan fingerprint density at radius 1 is 1.33 bits per heavy atom. The Balaban J connectivity index is 2.03. The van der Waals surface area contributed by atoms with E-state index in [2.05, 4.69) is 5.32 Å². The first-order valence-electron chi connectivity index (χ1n) is 7.08. The predicted octanol–water partition coefficient (Wildman–Crippen LogP) is 2.47. The zero-order valence-electron chi connectivity index (χ0n) is 12.0. The normalized spacial score (nSPS) is 14.4. The Labute approximate surface area is 121 Å². The van der Waals surface area contributed by atoms with Gasteiger partial charge in [0.25, 0.3) is 5.91 Å². The summed E-state index contributed by atoms with van der Waals surface area (Å²) in [5, 5.41) is 3.50. The van der Waals surface area contributed by atoms with E-state index in [0.29, 0.717) is 22.3 Å². The maximum Gasteiger partial charge on any atom is 0.337 e. The maximum atomic E-state index is 12.2. The summed E-state index contributed by atoms with van der Waals surface area (Å²) in [5.41, 5.74) is 0.177. The molecule has 110 valence electrons. The number of amides is 1. The molecular formula is C16H17NO4. The van der Waals surface area contributed by atoms with Crippen LogP contribution in [0.3, 0.4) is 0 Å². The molecule has 0 bridgehead atoms. The first kappa shape index (κ1) is 13.7. The minimum atomic E-state index is -0.537. The van der Waals surface area contributed by atoms with Crippen molar-refractivity contribution >= 4 is 16.9 Å². The summed E-state index contributed by atoms with van der Waals surface area (Å²) in [6.07, 6.45) is 2.02. The highest BCUT2D eigenvalue weighted by atomic mass is 16.5. The topological polar surface area (TPSA) is 68.5 Å². The van der Waals surface area contributed by atoms with Gasteiger partial charge in [0, 0.05) is 23.6 Å². The molecule has 3 rings (SSSR count). The van der Waals surface area contributed by atoms with E-state index < -0.39 is 5.63 Å². The molecular weight excluding hydrogens is 270 g/mol. The summed E-state index contributed by atoms with van der Waals surface area (Å²) in [5.74, 6) is 0.383. The SMILES string of the molecule is CC(C)Oc1ccc2c(C(=O)NC3CC3)cc(=O)oc2c1. The largest absolute Gasteiger partial charge is 0.491 e. The summed E-state index contributed by atoms with van der Waals surface area (Å²) in [6.45, 7) is 3.83. The second-order valence-corrected chi connectivity index (χ2v) is 5.55. The van der Waals surface area contributed by atoms with Gasteiger partial charge in [-0.1, -0.05) is 0 Å². The van der Waals surface area contributed by atoms with E-state index in [1.807, 2.05) is 13.8 Å². The molecule has 0 saturated heterocycles. The van der Waals surface area contributed by atoms with E-state index >= 15 is 0 Å². The average molecular weight is 287 g/mol. The van der Waals surface area contributed by atoms with Gasteiger partial charge in [0.15, 0.2) is 0 Å². The van der Waals surface area contributed by atoms with Crippen molar-refractivity contribution in [1.29, 1.82) is 0 Å². The number of hydrogen-bond acceptors (Lipinski definition) is 4. The van der Waals surface area contributed by atoms with Crippen LogP contribution in [-0.4, -0.2) is 18.1 Å². The van der Waals surface area contributed by atoms with Crippen molar-refractivity contribution in [2.24, 2.45) is 0 Å². The first-order valence-corrected chi connectivity index (χ1v) is 7.08. The number of rotatable bonds is 4. The van der Waals surface area contributed by atoms with Crippen LogP contribution in [0.2, 0.25) is 0 Å². The molecule has 0 spiro atoms. The third kappa shape index (κ3) is 3.07. The molecule has 1 aliphatic carbocycles. The highest BCUT2D eigenvalue weighted by molar-refractivity contribution is 6.05. The Hall–Kier alpha value is -2.30. The molecule has 1 aromatic heterocycles.